The molecule has 1 fully saturated rings. The van der Waals surface area contributed by atoms with E-state index in [0.29, 0.717) is 19.1 Å². The Kier molecular flexibility index (Phi) is 4.88. The Labute approximate surface area is 118 Å². The average molecular weight is 304 g/mol. The number of H-pyrrole nitrogens is 1. The predicted octanol–water partition coefficient (Wildman–Crippen LogP) is 0.611. The molecule has 1 aromatic heterocycles. The smallest absolute Gasteiger partial charge is 0.260 e. The van der Waals surface area contributed by atoms with Crippen molar-refractivity contribution in [3.63, 3.8) is 0 Å². The minimum atomic E-state index is -3.52. The molecule has 3 N–H and O–H groups in total. The zero-order chi connectivity index (χ0) is 13.9. The zero-order valence-corrected chi connectivity index (χ0v) is 12.8. The maximum Gasteiger partial charge on any atom is 0.260 e. The van der Waals surface area contributed by atoms with Crippen LogP contribution in [0.1, 0.15) is 24.1 Å². The van der Waals surface area contributed by atoms with Crippen molar-refractivity contribution in [2.75, 3.05) is 18.6 Å². The first-order valence-corrected chi connectivity index (χ1v) is 9.18. The number of hydrogen-bond acceptors (Lipinski definition) is 5. The third kappa shape index (κ3) is 3.95. The number of aromatic amines is 1. The molecule has 108 valence electrons. The van der Waals surface area contributed by atoms with Gasteiger partial charge in [-0.15, -0.1) is 0 Å². The van der Waals surface area contributed by atoms with Crippen molar-refractivity contribution in [3.05, 3.63) is 11.3 Å². The summed E-state index contributed by atoms with van der Waals surface area (Å²) < 4.78 is 26.9. The Morgan fingerprint density at radius 3 is 2.84 bits per heavy atom. The van der Waals surface area contributed by atoms with E-state index in [1.807, 2.05) is 13.2 Å². The minimum absolute atomic E-state index is 0.124. The van der Waals surface area contributed by atoms with Gasteiger partial charge >= 0.3 is 0 Å². The van der Waals surface area contributed by atoms with Crippen molar-refractivity contribution in [2.24, 2.45) is 0 Å². The van der Waals surface area contributed by atoms with E-state index in [4.69, 9.17) is 0 Å². The first-order valence-electron chi connectivity index (χ1n) is 6.30. The Balaban J connectivity index is 2.08. The van der Waals surface area contributed by atoms with Crippen LogP contribution in [0.5, 0.6) is 0 Å². The van der Waals surface area contributed by atoms with Gasteiger partial charge in [0.2, 0.25) is 0 Å². The summed E-state index contributed by atoms with van der Waals surface area (Å²) in [5, 5.41) is 10.2. The summed E-state index contributed by atoms with van der Waals surface area (Å²) in [6, 6.07) is 0.536. The van der Waals surface area contributed by atoms with E-state index in [1.165, 1.54) is 12.8 Å². The second-order valence-electron chi connectivity index (χ2n) is 4.68. The molecule has 6 nitrogen and oxygen atoms in total. The minimum Gasteiger partial charge on any atom is -0.310 e. The Hall–Kier alpha value is -0.570. The summed E-state index contributed by atoms with van der Waals surface area (Å²) in [6.45, 7) is 2.81. The highest BCUT2D eigenvalue weighted by Crippen LogP contribution is 2.21. The molecule has 0 aromatic carbocycles. The van der Waals surface area contributed by atoms with Gasteiger partial charge in [-0.2, -0.15) is 16.9 Å². The monoisotopic (exact) mass is 304 g/mol. The summed E-state index contributed by atoms with van der Waals surface area (Å²) in [7, 11) is -3.52. The highest BCUT2D eigenvalue weighted by Gasteiger charge is 2.26. The quantitative estimate of drug-likeness (QED) is 0.613. The average Bonchev–Trinajstić information content (AvgIpc) is 3.10. The number of hydrogen-bond donors (Lipinski definition) is 3. The van der Waals surface area contributed by atoms with Gasteiger partial charge in [0, 0.05) is 36.1 Å². The van der Waals surface area contributed by atoms with Crippen LogP contribution in [0.25, 0.3) is 0 Å². The highest BCUT2D eigenvalue weighted by molar-refractivity contribution is 7.98. The van der Waals surface area contributed by atoms with Crippen LogP contribution in [0.2, 0.25) is 0 Å². The number of aryl methyl sites for hydroxylation is 1. The fourth-order valence-corrected chi connectivity index (χ4v) is 3.40. The van der Waals surface area contributed by atoms with Gasteiger partial charge in [0.05, 0.1) is 0 Å². The second-order valence-corrected chi connectivity index (χ2v) is 7.35. The lowest BCUT2D eigenvalue weighted by Crippen LogP contribution is -2.28. The van der Waals surface area contributed by atoms with Crippen molar-refractivity contribution in [1.82, 2.24) is 20.2 Å². The molecule has 0 atom stereocenters. The van der Waals surface area contributed by atoms with Crippen LogP contribution < -0.4 is 10.0 Å². The molecule has 1 aliphatic carbocycles. The molecular weight excluding hydrogens is 284 g/mol. The summed E-state index contributed by atoms with van der Waals surface area (Å²) in [5.74, 6) is 0.748. The van der Waals surface area contributed by atoms with Crippen molar-refractivity contribution >= 4 is 21.8 Å². The SMILES string of the molecule is CSCCNS(=O)(=O)c1n[nH]c(C)c1CNC1CC1. The zero-order valence-electron chi connectivity index (χ0n) is 11.2. The molecular formula is C11H20N4O2S2. The van der Waals surface area contributed by atoms with E-state index in [9.17, 15) is 8.42 Å². The molecule has 0 amide bonds. The van der Waals surface area contributed by atoms with Gasteiger partial charge in [-0.3, -0.25) is 5.10 Å². The van der Waals surface area contributed by atoms with Crippen LogP contribution in [0.3, 0.4) is 0 Å². The van der Waals surface area contributed by atoms with Gasteiger partial charge in [0.1, 0.15) is 0 Å². The van der Waals surface area contributed by atoms with E-state index >= 15 is 0 Å². The van der Waals surface area contributed by atoms with E-state index in [-0.39, 0.29) is 5.03 Å². The Morgan fingerprint density at radius 2 is 2.21 bits per heavy atom. The van der Waals surface area contributed by atoms with Crippen LogP contribution in [0, 0.1) is 6.92 Å². The van der Waals surface area contributed by atoms with E-state index in [0.717, 1.165) is 17.0 Å². The van der Waals surface area contributed by atoms with Crippen LogP contribution >= 0.6 is 11.8 Å². The number of aromatic nitrogens is 2. The largest absolute Gasteiger partial charge is 0.310 e. The number of nitrogens with zero attached hydrogens (tertiary/aromatic N) is 1. The number of thioether (sulfide) groups is 1. The fourth-order valence-electron chi connectivity index (χ4n) is 1.74. The Morgan fingerprint density at radius 1 is 1.47 bits per heavy atom. The normalized spacial score (nSPS) is 15.9. The molecule has 0 spiro atoms. The topological polar surface area (TPSA) is 86.9 Å². The number of rotatable bonds is 8. The first-order chi connectivity index (χ1) is 9.04. The van der Waals surface area contributed by atoms with Crippen LogP contribution in [0.4, 0.5) is 0 Å². The van der Waals surface area contributed by atoms with Crippen LogP contribution in [0.15, 0.2) is 5.03 Å². The van der Waals surface area contributed by atoms with Gasteiger partial charge in [0.15, 0.2) is 5.03 Å². The van der Waals surface area contributed by atoms with Gasteiger partial charge in [0.25, 0.3) is 10.0 Å². The maximum absolute atomic E-state index is 12.2. The van der Waals surface area contributed by atoms with Crippen LogP contribution in [-0.4, -0.2) is 43.2 Å². The molecule has 0 radical (unpaired) electrons. The van der Waals surface area contributed by atoms with Crippen molar-refractivity contribution in [1.29, 1.82) is 0 Å². The lowest BCUT2D eigenvalue weighted by molar-refractivity contribution is 0.576. The standard InChI is InChI=1S/C11H20N4O2S2/c1-8-10(7-12-9-3-4-9)11(15-14-8)19(16,17)13-5-6-18-2/h9,12-13H,3-7H2,1-2H3,(H,14,15). The highest BCUT2D eigenvalue weighted by atomic mass is 32.2. The Bertz CT molecular complexity index is 523. The summed E-state index contributed by atoms with van der Waals surface area (Å²) >= 11 is 1.60. The molecule has 0 bridgehead atoms. The third-order valence-corrected chi connectivity index (χ3v) is 5.08. The molecule has 0 unspecified atom stereocenters. The van der Waals surface area contributed by atoms with Crippen LogP contribution in [-0.2, 0) is 16.6 Å². The molecule has 0 aliphatic heterocycles. The number of sulfonamides is 1. The van der Waals surface area contributed by atoms with E-state index < -0.39 is 10.0 Å². The molecule has 19 heavy (non-hydrogen) atoms. The third-order valence-electron chi connectivity index (χ3n) is 3.03. The molecule has 1 saturated carbocycles. The van der Waals surface area contributed by atoms with Gasteiger partial charge in [-0.1, -0.05) is 0 Å². The summed E-state index contributed by atoms with van der Waals surface area (Å²) in [5.41, 5.74) is 1.54. The van der Waals surface area contributed by atoms with E-state index in [2.05, 4.69) is 20.2 Å². The fraction of sp³-hybridized carbons (Fsp3) is 0.727. The number of nitrogens with one attached hydrogen (secondary N) is 3. The maximum atomic E-state index is 12.2. The lowest BCUT2D eigenvalue weighted by atomic mass is 10.2. The summed E-state index contributed by atoms with van der Waals surface area (Å²) in [6.07, 6.45) is 4.29. The lowest BCUT2D eigenvalue weighted by Gasteiger charge is -2.07. The van der Waals surface area contributed by atoms with Crippen molar-refractivity contribution in [2.45, 2.75) is 37.4 Å². The van der Waals surface area contributed by atoms with Gasteiger partial charge < -0.3 is 5.32 Å². The molecule has 1 aliphatic rings. The van der Waals surface area contributed by atoms with Gasteiger partial charge in [-0.25, -0.2) is 13.1 Å². The summed E-state index contributed by atoms with van der Waals surface area (Å²) in [4.78, 5) is 0. The van der Waals surface area contributed by atoms with Gasteiger partial charge in [-0.05, 0) is 26.0 Å². The predicted molar refractivity (Wildman–Crippen MR) is 76.8 cm³/mol. The first kappa shape index (κ1) is 14.8. The van der Waals surface area contributed by atoms with Crippen molar-refractivity contribution in [3.8, 4) is 0 Å². The molecule has 2 rings (SSSR count). The molecule has 8 heteroatoms. The van der Waals surface area contributed by atoms with Crippen molar-refractivity contribution < 1.29 is 8.42 Å². The van der Waals surface area contributed by atoms with E-state index in [1.54, 1.807) is 11.8 Å². The molecule has 1 aromatic rings. The molecule has 0 saturated heterocycles. The molecule has 1 heterocycles. The second kappa shape index (κ2) is 6.25.